The fourth-order valence-corrected chi connectivity index (χ4v) is 1.96. The number of fused-ring (bicyclic) bond motifs is 1. The van der Waals surface area contributed by atoms with Gasteiger partial charge in [-0.25, -0.2) is 19.0 Å². The van der Waals surface area contributed by atoms with Gasteiger partial charge in [0, 0.05) is 6.54 Å². The van der Waals surface area contributed by atoms with Crippen LogP contribution in [-0.4, -0.2) is 38.0 Å². The van der Waals surface area contributed by atoms with Crippen molar-refractivity contribution in [3.63, 3.8) is 0 Å². The maximum atomic E-state index is 13.3. The number of nitrogens with one attached hydrogen (secondary N) is 1. The summed E-state index contributed by atoms with van der Waals surface area (Å²) in [4.78, 5) is 8.29. The molecular weight excluding hydrogens is 261 g/mol. The van der Waals surface area contributed by atoms with E-state index in [0.717, 1.165) is 0 Å². The molecule has 0 unspecified atom stereocenters. The number of hydrogen-bond donors (Lipinski definition) is 2. The molecule has 0 aliphatic rings. The average Bonchev–Trinajstić information content (AvgIpc) is 2.89. The van der Waals surface area contributed by atoms with Crippen LogP contribution in [0.5, 0.6) is 0 Å². The molecule has 0 amide bonds. The van der Waals surface area contributed by atoms with E-state index < -0.39 is 0 Å². The van der Waals surface area contributed by atoms with Gasteiger partial charge in [0.15, 0.2) is 5.65 Å². The molecule has 20 heavy (non-hydrogen) atoms. The van der Waals surface area contributed by atoms with E-state index in [0.29, 0.717) is 29.1 Å². The topological polar surface area (TPSA) is 75.9 Å². The minimum atomic E-state index is -0.334. The molecule has 2 aromatic heterocycles. The highest BCUT2D eigenvalue weighted by Crippen LogP contribution is 2.21. The van der Waals surface area contributed by atoms with Crippen LogP contribution in [0.15, 0.2) is 36.8 Å². The van der Waals surface area contributed by atoms with Gasteiger partial charge in [-0.3, -0.25) is 0 Å². The van der Waals surface area contributed by atoms with Gasteiger partial charge in [0.2, 0.25) is 0 Å². The van der Waals surface area contributed by atoms with E-state index in [2.05, 4.69) is 20.4 Å². The molecule has 0 aliphatic carbocycles. The van der Waals surface area contributed by atoms with Crippen LogP contribution in [0.3, 0.4) is 0 Å². The van der Waals surface area contributed by atoms with Gasteiger partial charge in [0.1, 0.15) is 18.0 Å². The fourth-order valence-electron chi connectivity index (χ4n) is 1.96. The zero-order chi connectivity index (χ0) is 13.9. The Balaban J connectivity index is 2.10. The Hall–Kier alpha value is -2.54. The van der Waals surface area contributed by atoms with Crippen LogP contribution in [0, 0.1) is 5.82 Å². The van der Waals surface area contributed by atoms with E-state index >= 15 is 0 Å². The summed E-state index contributed by atoms with van der Waals surface area (Å²) >= 11 is 0. The Morgan fingerprint density at radius 2 is 2.20 bits per heavy atom. The number of aliphatic hydroxyl groups is 1. The minimum absolute atomic E-state index is 0.00350. The smallest absolute Gasteiger partial charge is 0.168 e. The first-order valence-electron chi connectivity index (χ1n) is 6.09. The number of hydrogen-bond acceptors (Lipinski definition) is 5. The summed E-state index contributed by atoms with van der Waals surface area (Å²) in [5.41, 5.74) is 1.16. The van der Waals surface area contributed by atoms with E-state index in [1.54, 1.807) is 23.0 Å². The molecule has 0 fully saturated rings. The Morgan fingerprint density at radius 3 is 3.00 bits per heavy atom. The van der Waals surface area contributed by atoms with Gasteiger partial charge in [-0.15, -0.1) is 0 Å². The van der Waals surface area contributed by atoms with Gasteiger partial charge < -0.3 is 10.4 Å². The van der Waals surface area contributed by atoms with E-state index in [4.69, 9.17) is 5.11 Å². The quantitative estimate of drug-likeness (QED) is 0.750. The van der Waals surface area contributed by atoms with Gasteiger partial charge in [0.05, 0.1) is 23.9 Å². The van der Waals surface area contributed by atoms with Crippen molar-refractivity contribution in [2.24, 2.45) is 0 Å². The summed E-state index contributed by atoms with van der Waals surface area (Å²) in [6.07, 6.45) is 3.01. The van der Waals surface area contributed by atoms with Crippen LogP contribution >= 0.6 is 0 Å². The van der Waals surface area contributed by atoms with Crippen LogP contribution < -0.4 is 5.32 Å². The molecule has 0 radical (unpaired) electrons. The van der Waals surface area contributed by atoms with Crippen molar-refractivity contribution in [3.8, 4) is 5.69 Å². The lowest BCUT2D eigenvalue weighted by atomic mass is 10.3. The molecule has 1 aromatic carbocycles. The third-order valence-corrected chi connectivity index (χ3v) is 2.82. The second-order valence-corrected chi connectivity index (χ2v) is 4.15. The number of benzene rings is 1. The molecule has 3 aromatic rings. The van der Waals surface area contributed by atoms with Crippen LogP contribution in [0.2, 0.25) is 0 Å². The van der Waals surface area contributed by atoms with Gasteiger partial charge in [-0.05, 0) is 18.2 Å². The number of aromatic nitrogens is 4. The van der Waals surface area contributed by atoms with E-state index in [1.807, 2.05) is 0 Å². The maximum Gasteiger partial charge on any atom is 0.168 e. The number of rotatable bonds is 4. The molecule has 0 saturated carbocycles. The third-order valence-electron chi connectivity index (χ3n) is 2.82. The minimum Gasteiger partial charge on any atom is -0.395 e. The summed E-state index contributed by atoms with van der Waals surface area (Å²) in [5.74, 6) is 0.255. The highest BCUT2D eigenvalue weighted by molar-refractivity contribution is 5.87. The Bertz CT molecular complexity index is 742. The first-order chi connectivity index (χ1) is 9.79. The second kappa shape index (κ2) is 5.22. The van der Waals surface area contributed by atoms with E-state index in [9.17, 15) is 4.39 Å². The zero-order valence-electron chi connectivity index (χ0n) is 10.5. The van der Waals surface area contributed by atoms with Crippen molar-refractivity contribution in [1.29, 1.82) is 0 Å². The fraction of sp³-hybridized carbons (Fsp3) is 0.154. The zero-order valence-corrected chi connectivity index (χ0v) is 10.5. The van der Waals surface area contributed by atoms with Crippen LogP contribution in [0.4, 0.5) is 10.2 Å². The lowest BCUT2D eigenvalue weighted by Crippen LogP contribution is -2.07. The predicted molar refractivity (Wildman–Crippen MR) is 72.2 cm³/mol. The van der Waals surface area contributed by atoms with Gasteiger partial charge in [-0.1, -0.05) is 6.07 Å². The van der Waals surface area contributed by atoms with Crippen molar-refractivity contribution < 1.29 is 9.50 Å². The Labute approximate surface area is 113 Å². The maximum absolute atomic E-state index is 13.3. The Kier molecular flexibility index (Phi) is 3.26. The lowest BCUT2D eigenvalue weighted by Gasteiger charge is -2.05. The molecule has 2 N–H and O–H groups in total. The van der Waals surface area contributed by atoms with Crippen molar-refractivity contribution in [1.82, 2.24) is 19.7 Å². The summed E-state index contributed by atoms with van der Waals surface area (Å²) in [5, 5.41) is 16.8. The van der Waals surface area contributed by atoms with Crippen LogP contribution in [-0.2, 0) is 0 Å². The van der Waals surface area contributed by atoms with Crippen molar-refractivity contribution in [3.05, 3.63) is 42.6 Å². The monoisotopic (exact) mass is 273 g/mol. The normalized spacial score (nSPS) is 10.9. The summed E-state index contributed by atoms with van der Waals surface area (Å²) < 4.78 is 14.8. The number of halogens is 1. The Morgan fingerprint density at radius 1 is 1.30 bits per heavy atom. The molecule has 3 rings (SSSR count). The lowest BCUT2D eigenvalue weighted by molar-refractivity contribution is 0.311. The molecule has 0 spiro atoms. The molecule has 0 aliphatic heterocycles. The summed E-state index contributed by atoms with van der Waals surface area (Å²) in [6, 6.07) is 6.12. The third kappa shape index (κ3) is 2.19. The van der Waals surface area contributed by atoms with Gasteiger partial charge in [0.25, 0.3) is 0 Å². The van der Waals surface area contributed by atoms with E-state index in [-0.39, 0.29) is 12.4 Å². The number of aliphatic hydroxyl groups excluding tert-OH is 1. The molecular formula is C13H12FN5O. The predicted octanol–water partition coefficient (Wildman–Crippen LogP) is 1.36. The number of anilines is 1. The molecule has 2 heterocycles. The van der Waals surface area contributed by atoms with Gasteiger partial charge in [-0.2, -0.15) is 5.10 Å². The largest absolute Gasteiger partial charge is 0.395 e. The van der Waals surface area contributed by atoms with Gasteiger partial charge >= 0.3 is 0 Å². The van der Waals surface area contributed by atoms with Crippen LogP contribution in [0.1, 0.15) is 0 Å². The molecule has 0 saturated heterocycles. The first-order valence-corrected chi connectivity index (χ1v) is 6.09. The molecule has 6 nitrogen and oxygen atoms in total. The first kappa shape index (κ1) is 12.5. The average molecular weight is 273 g/mol. The number of nitrogens with zero attached hydrogens (tertiary/aromatic N) is 4. The van der Waals surface area contributed by atoms with E-state index in [1.165, 1.54) is 18.5 Å². The van der Waals surface area contributed by atoms with Crippen molar-refractivity contribution in [2.45, 2.75) is 0 Å². The molecule has 102 valence electrons. The second-order valence-electron chi connectivity index (χ2n) is 4.15. The highest BCUT2D eigenvalue weighted by Gasteiger charge is 2.11. The highest BCUT2D eigenvalue weighted by atomic mass is 19.1. The summed E-state index contributed by atoms with van der Waals surface area (Å²) in [6.45, 7) is 0.390. The van der Waals surface area contributed by atoms with Crippen molar-refractivity contribution >= 4 is 16.9 Å². The molecule has 0 atom stereocenters. The van der Waals surface area contributed by atoms with Crippen LogP contribution in [0.25, 0.3) is 16.7 Å². The summed E-state index contributed by atoms with van der Waals surface area (Å²) in [7, 11) is 0. The standard InChI is InChI=1S/C13H12FN5O/c14-9-2-1-3-10(6-9)19-13-11(7-18-19)12(15-4-5-20)16-8-17-13/h1-3,6-8,20H,4-5H2,(H,15,16,17). The molecule has 7 heteroatoms. The van der Waals surface area contributed by atoms with Crippen molar-refractivity contribution in [2.75, 3.05) is 18.5 Å². The SMILES string of the molecule is OCCNc1ncnc2c1cnn2-c1cccc(F)c1. The molecule has 0 bridgehead atoms.